The number of carboxylic acid groups (broad SMARTS) is 1. The van der Waals surface area contributed by atoms with Crippen molar-refractivity contribution in [3.63, 3.8) is 0 Å². The molecule has 0 heterocycles. The van der Waals surface area contributed by atoms with Gasteiger partial charge in [0.1, 0.15) is 5.75 Å². The number of likely N-dealkylation sites (N-methyl/N-ethyl adjacent to an activating group) is 1. The quantitative estimate of drug-likeness (QED) is 0.823. The summed E-state index contributed by atoms with van der Waals surface area (Å²) >= 11 is 0. The number of aryl methyl sites for hydroxylation is 1. The molecule has 0 aliphatic rings. The summed E-state index contributed by atoms with van der Waals surface area (Å²) in [6.45, 7) is 1.90. The molecule has 0 aliphatic carbocycles. The Balaban J connectivity index is 3.02. The molecule has 0 spiro atoms. The zero-order valence-electron chi connectivity index (χ0n) is 10.5. The minimum atomic E-state index is -1.16. The Kier molecular flexibility index (Phi) is 4.48. The topological polar surface area (TPSA) is 66.8 Å². The first kappa shape index (κ1) is 13.8. The molecule has 96 valence electrons. The number of amides is 1. The van der Waals surface area contributed by atoms with Crippen LogP contribution in [0.15, 0.2) is 30.4 Å². The molecule has 0 fully saturated rings. The summed E-state index contributed by atoms with van der Waals surface area (Å²) < 4.78 is 5.16. The molecule has 0 saturated heterocycles. The molecule has 1 N–H and O–H groups in total. The molecular weight excluding hydrogens is 234 g/mol. The summed E-state index contributed by atoms with van der Waals surface area (Å²) in [4.78, 5) is 23.4. The number of anilines is 1. The number of nitrogens with zero attached hydrogens (tertiary/aromatic N) is 1. The van der Waals surface area contributed by atoms with Crippen molar-refractivity contribution in [2.45, 2.75) is 6.92 Å². The summed E-state index contributed by atoms with van der Waals surface area (Å²) in [7, 11) is 3.07. The number of hydrogen-bond donors (Lipinski definition) is 1. The minimum Gasteiger partial charge on any atom is -0.495 e. The molecule has 18 heavy (non-hydrogen) atoms. The van der Waals surface area contributed by atoms with Crippen LogP contribution in [0.5, 0.6) is 5.75 Å². The van der Waals surface area contributed by atoms with Crippen LogP contribution in [0.1, 0.15) is 5.56 Å². The lowest BCUT2D eigenvalue weighted by Gasteiger charge is -2.19. The number of hydrogen-bond acceptors (Lipinski definition) is 3. The van der Waals surface area contributed by atoms with Crippen molar-refractivity contribution < 1.29 is 19.4 Å². The Hall–Kier alpha value is -2.30. The van der Waals surface area contributed by atoms with E-state index in [2.05, 4.69) is 0 Å². The maximum atomic E-state index is 11.7. The van der Waals surface area contributed by atoms with Gasteiger partial charge in [-0.1, -0.05) is 6.07 Å². The van der Waals surface area contributed by atoms with Gasteiger partial charge in [-0.15, -0.1) is 0 Å². The highest BCUT2D eigenvalue weighted by atomic mass is 16.5. The van der Waals surface area contributed by atoms with Crippen molar-refractivity contribution in [2.24, 2.45) is 0 Å². The van der Waals surface area contributed by atoms with Gasteiger partial charge in [0.2, 0.25) is 0 Å². The fourth-order valence-corrected chi connectivity index (χ4v) is 1.44. The van der Waals surface area contributed by atoms with Crippen LogP contribution in [0, 0.1) is 6.92 Å². The van der Waals surface area contributed by atoms with Gasteiger partial charge in [-0.25, -0.2) is 4.79 Å². The SMILES string of the molecule is COc1ccc(C)cc1N(C)C(=O)/C=C/C(=O)O. The highest BCUT2D eigenvalue weighted by molar-refractivity contribution is 6.04. The molecule has 0 radical (unpaired) electrons. The predicted molar refractivity (Wildman–Crippen MR) is 67.9 cm³/mol. The van der Waals surface area contributed by atoms with Crippen LogP contribution in [-0.2, 0) is 9.59 Å². The van der Waals surface area contributed by atoms with Crippen LogP contribution in [0.4, 0.5) is 5.69 Å². The lowest BCUT2D eigenvalue weighted by Crippen LogP contribution is -2.24. The Bertz CT molecular complexity index is 494. The van der Waals surface area contributed by atoms with E-state index in [1.165, 1.54) is 12.0 Å². The van der Waals surface area contributed by atoms with Gasteiger partial charge in [0, 0.05) is 19.2 Å². The van der Waals surface area contributed by atoms with Gasteiger partial charge in [-0.05, 0) is 24.6 Å². The molecular formula is C13H15NO4. The van der Waals surface area contributed by atoms with Gasteiger partial charge in [0.15, 0.2) is 0 Å². The fraction of sp³-hybridized carbons (Fsp3) is 0.231. The highest BCUT2D eigenvalue weighted by Crippen LogP contribution is 2.28. The average molecular weight is 249 g/mol. The van der Waals surface area contributed by atoms with E-state index < -0.39 is 11.9 Å². The van der Waals surface area contributed by atoms with Crippen molar-refractivity contribution >= 4 is 17.6 Å². The number of carbonyl (C=O) groups excluding carboxylic acids is 1. The summed E-state index contributed by atoms with van der Waals surface area (Å²) in [6.07, 6.45) is 1.81. The van der Waals surface area contributed by atoms with E-state index in [-0.39, 0.29) is 0 Å². The molecule has 1 aromatic rings. The first-order valence-electron chi connectivity index (χ1n) is 5.29. The third-order valence-electron chi connectivity index (χ3n) is 2.39. The van der Waals surface area contributed by atoms with Gasteiger partial charge in [-0.3, -0.25) is 4.79 Å². The van der Waals surface area contributed by atoms with Crippen LogP contribution < -0.4 is 9.64 Å². The third-order valence-corrected chi connectivity index (χ3v) is 2.39. The molecule has 0 bridgehead atoms. The van der Waals surface area contributed by atoms with E-state index in [9.17, 15) is 9.59 Å². The molecule has 1 amide bonds. The average Bonchev–Trinajstić information content (AvgIpc) is 2.34. The molecule has 0 atom stereocenters. The maximum absolute atomic E-state index is 11.7. The number of aliphatic carboxylic acids is 1. The Morgan fingerprint density at radius 3 is 2.56 bits per heavy atom. The summed E-state index contributed by atoms with van der Waals surface area (Å²) in [5.74, 6) is -1.03. The van der Waals surface area contributed by atoms with Crippen molar-refractivity contribution in [3.05, 3.63) is 35.9 Å². The fourth-order valence-electron chi connectivity index (χ4n) is 1.44. The Morgan fingerprint density at radius 1 is 1.33 bits per heavy atom. The molecule has 0 saturated carbocycles. The number of ether oxygens (including phenoxy) is 1. The van der Waals surface area contributed by atoms with Crippen molar-refractivity contribution in [3.8, 4) is 5.75 Å². The van der Waals surface area contributed by atoms with Gasteiger partial charge in [0.05, 0.1) is 12.8 Å². The van der Waals surface area contributed by atoms with E-state index in [0.717, 1.165) is 17.7 Å². The number of carbonyl (C=O) groups is 2. The second-order valence-electron chi connectivity index (χ2n) is 3.74. The molecule has 5 nitrogen and oxygen atoms in total. The van der Waals surface area contributed by atoms with Gasteiger partial charge in [0.25, 0.3) is 5.91 Å². The molecule has 1 rings (SSSR count). The van der Waals surface area contributed by atoms with Crippen molar-refractivity contribution in [1.29, 1.82) is 0 Å². The Labute approximate surface area is 105 Å². The predicted octanol–water partition coefficient (Wildman–Crippen LogP) is 1.61. The zero-order valence-corrected chi connectivity index (χ0v) is 10.5. The Morgan fingerprint density at radius 2 is 2.00 bits per heavy atom. The summed E-state index contributed by atoms with van der Waals surface area (Å²) in [6, 6.07) is 5.43. The standard InChI is InChI=1S/C13H15NO4/c1-9-4-5-11(18-3)10(8-9)14(2)12(15)6-7-13(16)17/h4-8H,1-3H3,(H,16,17)/b7-6+. The van der Waals surface area contributed by atoms with E-state index in [4.69, 9.17) is 9.84 Å². The van der Waals surface area contributed by atoms with Gasteiger partial charge >= 0.3 is 5.97 Å². The van der Waals surface area contributed by atoms with Crippen LogP contribution in [0.3, 0.4) is 0 Å². The van der Waals surface area contributed by atoms with Crippen LogP contribution in [0.25, 0.3) is 0 Å². The lowest BCUT2D eigenvalue weighted by atomic mass is 10.2. The molecule has 5 heteroatoms. The van der Waals surface area contributed by atoms with Crippen molar-refractivity contribution in [2.75, 3.05) is 19.1 Å². The smallest absolute Gasteiger partial charge is 0.328 e. The van der Waals surface area contributed by atoms with Crippen LogP contribution in [0.2, 0.25) is 0 Å². The van der Waals surface area contributed by atoms with Crippen LogP contribution >= 0.6 is 0 Å². The van der Waals surface area contributed by atoms with E-state index in [0.29, 0.717) is 11.4 Å². The number of methoxy groups -OCH3 is 1. The van der Waals surface area contributed by atoms with E-state index in [1.807, 2.05) is 13.0 Å². The van der Waals surface area contributed by atoms with E-state index >= 15 is 0 Å². The molecule has 0 unspecified atom stereocenters. The summed E-state index contributed by atoms with van der Waals surface area (Å²) in [5, 5.41) is 8.48. The number of rotatable bonds is 4. The van der Waals surface area contributed by atoms with Gasteiger partial charge < -0.3 is 14.7 Å². The highest BCUT2D eigenvalue weighted by Gasteiger charge is 2.13. The second-order valence-corrected chi connectivity index (χ2v) is 3.74. The van der Waals surface area contributed by atoms with Gasteiger partial charge in [-0.2, -0.15) is 0 Å². The molecule has 0 aliphatic heterocycles. The van der Waals surface area contributed by atoms with E-state index in [1.54, 1.807) is 19.2 Å². The normalized spacial score (nSPS) is 10.4. The largest absolute Gasteiger partial charge is 0.495 e. The third kappa shape index (κ3) is 3.35. The number of carboxylic acids is 1. The second kappa shape index (κ2) is 5.86. The van der Waals surface area contributed by atoms with Crippen LogP contribution in [-0.4, -0.2) is 31.1 Å². The molecule has 1 aromatic carbocycles. The number of benzene rings is 1. The molecule has 0 aromatic heterocycles. The zero-order chi connectivity index (χ0) is 13.7. The monoisotopic (exact) mass is 249 g/mol. The first-order chi connectivity index (χ1) is 8.45. The first-order valence-corrected chi connectivity index (χ1v) is 5.29. The minimum absolute atomic E-state index is 0.429. The van der Waals surface area contributed by atoms with Crippen molar-refractivity contribution in [1.82, 2.24) is 0 Å². The summed E-state index contributed by atoms with van der Waals surface area (Å²) in [5.41, 5.74) is 1.57. The maximum Gasteiger partial charge on any atom is 0.328 e. The lowest BCUT2D eigenvalue weighted by molar-refractivity contribution is -0.131.